The van der Waals surface area contributed by atoms with Crippen molar-refractivity contribution in [3.05, 3.63) is 58.1 Å². The van der Waals surface area contributed by atoms with E-state index in [4.69, 9.17) is 9.47 Å². The zero-order valence-electron chi connectivity index (χ0n) is 27.2. The summed E-state index contributed by atoms with van der Waals surface area (Å²) in [7, 11) is 0. The molecule has 0 spiro atoms. The van der Waals surface area contributed by atoms with Gasteiger partial charge in [0.1, 0.15) is 5.78 Å². The lowest BCUT2D eigenvalue weighted by molar-refractivity contribution is -0.147. The Labute approximate surface area is 256 Å². The van der Waals surface area contributed by atoms with E-state index in [1.54, 1.807) is 0 Å². The summed E-state index contributed by atoms with van der Waals surface area (Å²) in [5, 5.41) is 0. The molecule has 2 aromatic carbocycles. The van der Waals surface area contributed by atoms with Crippen LogP contribution in [-0.2, 0) is 38.3 Å². The molecule has 0 bridgehead atoms. The van der Waals surface area contributed by atoms with E-state index in [-0.39, 0.29) is 11.9 Å². The summed E-state index contributed by atoms with van der Waals surface area (Å²) in [6.45, 7) is 12.4. The van der Waals surface area contributed by atoms with E-state index in [9.17, 15) is 9.59 Å². The smallest absolute Gasteiger partial charge is 0.308 e. The predicted octanol–water partition coefficient (Wildman–Crippen LogP) is 9.32. The minimum atomic E-state index is -0.130. The third kappa shape index (κ3) is 11.3. The fraction of sp³-hybridized carbons (Fsp3) is 0.632. The van der Waals surface area contributed by atoms with Gasteiger partial charge in [-0.25, -0.2) is 0 Å². The number of aryl methyl sites for hydroxylation is 4. The Kier molecular flexibility index (Phi) is 14.8. The fourth-order valence-electron chi connectivity index (χ4n) is 6.22. The molecular formula is C38H56O4. The molecule has 3 rings (SSSR count). The molecule has 1 saturated carbocycles. The van der Waals surface area contributed by atoms with Gasteiger partial charge in [0, 0.05) is 19.4 Å². The van der Waals surface area contributed by atoms with E-state index < -0.39 is 0 Å². The first-order valence-electron chi connectivity index (χ1n) is 16.8. The van der Waals surface area contributed by atoms with Crippen LogP contribution in [0.3, 0.4) is 0 Å². The molecule has 0 unspecified atom stereocenters. The van der Waals surface area contributed by atoms with Gasteiger partial charge in [-0.05, 0) is 104 Å². The lowest BCUT2D eigenvalue weighted by Crippen LogP contribution is -2.19. The Bertz CT molecular complexity index is 1100. The molecule has 0 N–H and O–H groups in total. The third-order valence-electron chi connectivity index (χ3n) is 8.74. The molecule has 0 heterocycles. The van der Waals surface area contributed by atoms with E-state index in [1.165, 1.54) is 77.5 Å². The van der Waals surface area contributed by atoms with Crippen LogP contribution < -0.4 is 0 Å². The first-order valence-corrected chi connectivity index (χ1v) is 16.8. The number of rotatable bonds is 18. The maximum atomic E-state index is 12.0. The zero-order chi connectivity index (χ0) is 30.3. The minimum Gasteiger partial charge on any atom is -0.465 e. The number of carbonyl (C=O) groups excluding carboxylic acids is 2. The third-order valence-corrected chi connectivity index (χ3v) is 8.74. The molecule has 0 saturated heterocycles. The fourth-order valence-corrected chi connectivity index (χ4v) is 6.22. The average Bonchev–Trinajstić information content (AvgIpc) is 2.96. The Morgan fingerprint density at radius 3 is 2.21 bits per heavy atom. The van der Waals surface area contributed by atoms with Gasteiger partial charge in [-0.1, -0.05) is 83.2 Å². The molecule has 0 atom stereocenters. The van der Waals surface area contributed by atoms with Gasteiger partial charge in [0.15, 0.2) is 0 Å². The van der Waals surface area contributed by atoms with E-state index >= 15 is 0 Å². The SMILES string of the molecule is CCCCCCCCc1cc(C)c(-c2ccc(CCOCC3CCC(=O)CC3)c(CCCOC(=O)C(C)C)c2)c(C)c1. The van der Waals surface area contributed by atoms with Gasteiger partial charge in [0.25, 0.3) is 0 Å². The van der Waals surface area contributed by atoms with Crippen LogP contribution in [0.4, 0.5) is 0 Å². The van der Waals surface area contributed by atoms with Gasteiger partial charge in [0.05, 0.1) is 19.1 Å². The minimum absolute atomic E-state index is 0.0988. The summed E-state index contributed by atoms with van der Waals surface area (Å²) in [4.78, 5) is 23.5. The summed E-state index contributed by atoms with van der Waals surface area (Å²) in [5.41, 5.74) is 9.36. The van der Waals surface area contributed by atoms with Crippen molar-refractivity contribution in [2.24, 2.45) is 11.8 Å². The summed E-state index contributed by atoms with van der Waals surface area (Å²) < 4.78 is 11.6. The average molecular weight is 577 g/mol. The monoisotopic (exact) mass is 576 g/mol. The van der Waals surface area contributed by atoms with E-state index in [0.717, 1.165) is 45.1 Å². The second-order valence-electron chi connectivity index (χ2n) is 12.8. The number of ketones is 1. The largest absolute Gasteiger partial charge is 0.465 e. The molecule has 1 aliphatic rings. The van der Waals surface area contributed by atoms with Crippen LogP contribution in [0.25, 0.3) is 11.1 Å². The Morgan fingerprint density at radius 1 is 0.833 bits per heavy atom. The van der Waals surface area contributed by atoms with Crippen LogP contribution in [-0.4, -0.2) is 31.6 Å². The van der Waals surface area contributed by atoms with Crippen molar-refractivity contribution >= 4 is 11.8 Å². The highest BCUT2D eigenvalue weighted by molar-refractivity contribution is 5.79. The standard InChI is InChI=1S/C38H56O4/c1-6-7-8-9-10-11-13-32-24-29(4)37(30(5)25-32)35-18-17-33(21-23-41-27-31-15-19-36(39)20-16-31)34(26-35)14-12-22-42-38(40)28(2)3/h17-18,24-26,28,31H,6-16,19-23,27H2,1-5H3. The number of hydrogen-bond acceptors (Lipinski definition) is 4. The number of unbranched alkanes of at least 4 members (excludes halogenated alkanes) is 5. The normalized spacial score (nSPS) is 14.1. The van der Waals surface area contributed by atoms with Gasteiger partial charge in [-0.2, -0.15) is 0 Å². The zero-order valence-corrected chi connectivity index (χ0v) is 27.2. The summed E-state index contributed by atoms with van der Waals surface area (Å²) in [5.74, 6) is 0.676. The second-order valence-corrected chi connectivity index (χ2v) is 12.8. The van der Waals surface area contributed by atoms with Crippen LogP contribution >= 0.6 is 0 Å². The van der Waals surface area contributed by atoms with E-state index in [2.05, 4.69) is 51.1 Å². The molecule has 4 heteroatoms. The molecule has 42 heavy (non-hydrogen) atoms. The van der Waals surface area contributed by atoms with Crippen molar-refractivity contribution in [2.45, 2.75) is 125 Å². The molecule has 1 fully saturated rings. The van der Waals surface area contributed by atoms with Crippen LogP contribution in [0.1, 0.15) is 119 Å². The topological polar surface area (TPSA) is 52.6 Å². The maximum absolute atomic E-state index is 12.0. The number of ether oxygens (including phenoxy) is 2. The molecular weight excluding hydrogens is 520 g/mol. The van der Waals surface area contributed by atoms with Crippen molar-refractivity contribution in [1.29, 1.82) is 0 Å². The quantitative estimate of drug-likeness (QED) is 0.131. The molecule has 232 valence electrons. The molecule has 0 aliphatic heterocycles. The highest BCUT2D eigenvalue weighted by atomic mass is 16.5. The highest BCUT2D eigenvalue weighted by Gasteiger charge is 2.19. The summed E-state index contributed by atoms with van der Waals surface area (Å²) in [6, 6.07) is 11.7. The van der Waals surface area contributed by atoms with Gasteiger partial charge < -0.3 is 9.47 Å². The van der Waals surface area contributed by atoms with Crippen LogP contribution in [0, 0.1) is 25.7 Å². The molecule has 4 nitrogen and oxygen atoms in total. The van der Waals surface area contributed by atoms with Crippen molar-refractivity contribution in [2.75, 3.05) is 19.8 Å². The van der Waals surface area contributed by atoms with Crippen LogP contribution in [0.5, 0.6) is 0 Å². The number of esters is 1. The summed E-state index contributed by atoms with van der Waals surface area (Å²) in [6.07, 6.45) is 15.0. The molecule has 2 aromatic rings. The van der Waals surface area contributed by atoms with Gasteiger partial charge in [0.2, 0.25) is 0 Å². The van der Waals surface area contributed by atoms with Crippen LogP contribution in [0.2, 0.25) is 0 Å². The predicted molar refractivity (Wildman–Crippen MR) is 174 cm³/mol. The van der Waals surface area contributed by atoms with Crippen molar-refractivity contribution in [3.63, 3.8) is 0 Å². The lowest BCUT2D eigenvalue weighted by Gasteiger charge is -2.21. The Morgan fingerprint density at radius 2 is 1.52 bits per heavy atom. The van der Waals surface area contributed by atoms with Gasteiger partial charge >= 0.3 is 5.97 Å². The molecule has 0 radical (unpaired) electrons. The maximum Gasteiger partial charge on any atom is 0.308 e. The molecule has 1 aliphatic carbocycles. The van der Waals surface area contributed by atoms with Crippen molar-refractivity contribution < 1.29 is 19.1 Å². The van der Waals surface area contributed by atoms with Gasteiger partial charge in [-0.3, -0.25) is 9.59 Å². The highest BCUT2D eigenvalue weighted by Crippen LogP contribution is 2.31. The number of hydrogen-bond donors (Lipinski definition) is 0. The summed E-state index contributed by atoms with van der Waals surface area (Å²) >= 11 is 0. The molecule has 0 amide bonds. The number of carbonyl (C=O) groups is 2. The first kappa shape index (κ1) is 34.0. The lowest BCUT2D eigenvalue weighted by atomic mass is 9.89. The van der Waals surface area contributed by atoms with E-state index in [0.29, 0.717) is 37.8 Å². The van der Waals surface area contributed by atoms with E-state index in [1.807, 2.05) is 13.8 Å². The van der Waals surface area contributed by atoms with Crippen molar-refractivity contribution in [3.8, 4) is 11.1 Å². The molecule has 0 aromatic heterocycles. The van der Waals surface area contributed by atoms with Gasteiger partial charge in [-0.15, -0.1) is 0 Å². The first-order chi connectivity index (χ1) is 20.3. The Balaban J connectivity index is 1.67. The van der Waals surface area contributed by atoms with Crippen LogP contribution in [0.15, 0.2) is 30.3 Å². The second kappa shape index (κ2) is 18.3. The Hall–Kier alpha value is -2.46. The number of Topliss-reactive ketones (excluding diaryl/α,β-unsaturated/α-hetero) is 1. The number of benzene rings is 2. The van der Waals surface area contributed by atoms with Crippen molar-refractivity contribution in [1.82, 2.24) is 0 Å².